The number of methoxy groups -OCH3 is 1. The molecule has 0 saturated heterocycles. The Bertz CT molecular complexity index is 170. The number of hydrogen-bond donors (Lipinski definition) is 1. The summed E-state index contributed by atoms with van der Waals surface area (Å²) in [6.45, 7) is 5.02. The van der Waals surface area contributed by atoms with E-state index < -0.39 is 0 Å². The molecule has 0 aromatic rings. The molecule has 2 heteroatoms. The highest BCUT2D eigenvalue weighted by Crippen LogP contribution is 2.34. The van der Waals surface area contributed by atoms with Crippen LogP contribution in [0.15, 0.2) is 0 Å². The van der Waals surface area contributed by atoms with E-state index in [9.17, 15) is 5.11 Å². The van der Waals surface area contributed by atoms with Crippen molar-refractivity contribution in [3.63, 3.8) is 0 Å². The first kappa shape index (κ1) is 13.0. The first-order valence-corrected chi connectivity index (χ1v) is 6.36. The topological polar surface area (TPSA) is 29.5 Å². The Labute approximate surface area is 94.0 Å². The molecule has 1 saturated carbocycles. The molecule has 0 aromatic carbocycles. The van der Waals surface area contributed by atoms with E-state index in [1.165, 1.54) is 32.1 Å². The maximum absolute atomic E-state index is 10.2. The van der Waals surface area contributed by atoms with Gasteiger partial charge in [-0.25, -0.2) is 0 Å². The molecular weight excluding hydrogens is 188 g/mol. The molecule has 4 unspecified atom stereocenters. The van der Waals surface area contributed by atoms with E-state index in [1.807, 2.05) is 0 Å². The standard InChI is InChI=1S/C13H26O2/c1-4-11-6-5-7-12(8-11)13(14)10(2)9-15-3/h10-14H,4-9H2,1-3H3. The van der Waals surface area contributed by atoms with Crippen molar-refractivity contribution in [1.29, 1.82) is 0 Å². The van der Waals surface area contributed by atoms with Gasteiger partial charge in [-0.2, -0.15) is 0 Å². The van der Waals surface area contributed by atoms with Crippen LogP contribution >= 0.6 is 0 Å². The Morgan fingerprint density at radius 2 is 2.13 bits per heavy atom. The van der Waals surface area contributed by atoms with Crippen molar-refractivity contribution >= 4 is 0 Å². The second-order valence-electron chi connectivity index (χ2n) is 5.12. The third-order valence-electron chi connectivity index (χ3n) is 3.90. The van der Waals surface area contributed by atoms with Gasteiger partial charge in [-0.1, -0.05) is 33.1 Å². The van der Waals surface area contributed by atoms with Gasteiger partial charge in [0.15, 0.2) is 0 Å². The van der Waals surface area contributed by atoms with Crippen LogP contribution in [0.4, 0.5) is 0 Å². The van der Waals surface area contributed by atoms with Gasteiger partial charge in [-0.05, 0) is 24.7 Å². The minimum Gasteiger partial charge on any atom is -0.392 e. The van der Waals surface area contributed by atoms with Crippen LogP contribution in [-0.2, 0) is 4.74 Å². The van der Waals surface area contributed by atoms with Gasteiger partial charge in [-0.15, -0.1) is 0 Å². The summed E-state index contributed by atoms with van der Waals surface area (Å²) in [6, 6.07) is 0. The van der Waals surface area contributed by atoms with E-state index in [-0.39, 0.29) is 12.0 Å². The summed E-state index contributed by atoms with van der Waals surface area (Å²) < 4.78 is 5.11. The normalized spacial score (nSPS) is 31.2. The molecule has 0 aliphatic heterocycles. The van der Waals surface area contributed by atoms with Crippen molar-refractivity contribution in [2.24, 2.45) is 17.8 Å². The van der Waals surface area contributed by atoms with Gasteiger partial charge >= 0.3 is 0 Å². The zero-order chi connectivity index (χ0) is 11.3. The highest BCUT2D eigenvalue weighted by atomic mass is 16.5. The summed E-state index contributed by atoms with van der Waals surface area (Å²) in [5, 5.41) is 10.2. The Morgan fingerprint density at radius 1 is 1.40 bits per heavy atom. The van der Waals surface area contributed by atoms with Gasteiger partial charge in [0.2, 0.25) is 0 Å². The fraction of sp³-hybridized carbons (Fsp3) is 1.00. The Balaban J connectivity index is 2.40. The van der Waals surface area contributed by atoms with E-state index in [1.54, 1.807) is 7.11 Å². The zero-order valence-corrected chi connectivity index (χ0v) is 10.4. The van der Waals surface area contributed by atoms with E-state index in [4.69, 9.17) is 4.74 Å². The van der Waals surface area contributed by atoms with Crippen LogP contribution in [0, 0.1) is 17.8 Å². The fourth-order valence-electron chi connectivity index (χ4n) is 2.84. The Kier molecular flexibility index (Phi) is 5.62. The highest BCUT2D eigenvalue weighted by molar-refractivity contribution is 4.80. The maximum Gasteiger partial charge on any atom is 0.0615 e. The molecule has 2 nitrogen and oxygen atoms in total. The smallest absolute Gasteiger partial charge is 0.0615 e. The van der Waals surface area contributed by atoms with Gasteiger partial charge in [0.25, 0.3) is 0 Å². The van der Waals surface area contributed by atoms with Crippen molar-refractivity contribution in [2.45, 2.75) is 52.1 Å². The van der Waals surface area contributed by atoms with Crippen LogP contribution < -0.4 is 0 Å². The molecule has 0 heterocycles. The average molecular weight is 214 g/mol. The number of aliphatic hydroxyl groups is 1. The van der Waals surface area contributed by atoms with Crippen molar-refractivity contribution in [3.05, 3.63) is 0 Å². The van der Waals surface area contributed by atoms with E-state index in [0.29, 0.717) is 12.5 Å². The van der Waals surface area contributed by atoms with E-state index in [2.05, 4.69) is 13.8 Å². The molecular formula is C13H26O2. The van der Waals surface area contributed by atoms with Crippen LogP contribution in [-0.4, -0.2) is 24.9 Å². The number of aliphatic hydroxyl groups excluding tert-OH is 1. The number of ether oxygens (including phenoxy) is 1. The van der Waals surface area contributed by atoms with E-state index >= 15 is 0 Å². The van der Waals surface area contributed by atoms with Crippen LogP contribution in [0.25, 0.3) is 0 Å². The molecule has 0 amide bonds. The molecule has 0 aromatic heterocycles. The van der Waals surface area contributed by atoms with Gasteiger partial charge in [-0.3, -0.25) is 0 Å². The highest BCUT2D eigenvalue weighted by Gasteiger charge is 2.29. The molecule has 4 atom stereocenters. The summed E-state index contributed by atoms with van der Waals surface area (Å²) in [6.07, 6.45) is 6.16. The fourth-order valence-corrected chi connectivity index (χ4v) is 2.84. The first-order valence-electron chi connectivity index (χ1n) is 6.36. The van der Waals surface area contributed by atoms with Crippen LogP contribution in [0.2, 0.25) is 0 Å². The summed E-state index contributed by atoms with van der Waals surface area (Å²) in [5.41, 5.74) is 0. The van der Waals surface area contributed by atoms with Crippen molar-refractivity contribution in [1.82, 2.24) is 0 Å². The van der Waals surface area contributed by atoms with Gasteiger partial charge < -0.3 is 9.84 Å². The molecule has 0 spiro atoms. The predicted molar refractivity (Wildman–Crippen MR) is 62.8 cm³/mol. The summed E-state index contributed by atoms with van der Waals surface area (Å²) in [7, 11) is 1.71. The van der Waals surface area contributed by atoms with Crippen molar-refractivity contribution in [3.8, 4) is 0 Å². The monoisotopic (exact) mass is 214 g/mol. The zero-order valence-electron chi connectivity index (χ0n) is 10.4. The lowest BCUT2D eigenvalue weighted by Crippen LogP contribution is -2.33. The third kappa shape index (κ3) is 3.76. The maximum atomic E-state index is 10.2. The molecule has 1 N–H and O–H groups in total. The number of hydrogen-bond acceptors (Lipinski definition) is 2. The van der Waals surface area contributed by atoms with Crippen molar-refractivity contribution < 1.29 is 9.84 Å². The minimum atomic E-state index is -0.167. The largest absolute Gasteiger partial charge is 0.392 e. The average Bonchev–Trinajstić information content (AvgIpc) is 2.28. The first-order chi connectivity index (χ1) is 7.19. The summed E-state index contributed by atoms with van der Waals surface area (Å²) >= 11 is 0. The van der Waals surface area contributed by atoms with Crippen LogP contribution in [0.3, 0.4) is 0 Å². The predicted octanol–water partition coefficient (Wildman–Crippen LogP) is 2.85. The van der Waals surface area contributed by atoms with Crippen LogP contribution in [0.1, 0.15) is 46.0 Å². The van der Waals surface area contributed by atoms with Crippen molar-refractivity contribution in [2.75, 3.05) is 13.7 Å². The lowest BCUT2D eigenvalue weighted by atomic mass is 9.75. The van der Waals surface area contributed by atoms with Gasteiger partial charge in [0.1, 0.15) is 0 Å². The molecule has 15 heavy (non-hydrogen) atoms. The molecule has 1 aliphatic carbocycles. The Hall–Kier alpha value is -0.0800. The SMILES string of the molecule is CCC1CCCC(C(O)C(C)COC)C1. The second-order valence-corrected chi connectivity index (χ2v) is 5.12. The summed E-state index contributed by atoms with van der Waals surface area (Å²) in [4.78, 5) is 0. The lowest BCUT2D eigenvalue weighted by molar-refractivity contribution is -0.00139. The lowest BCUT2D eigenvalue weighted by Gasteiger charge is -2.34. The molecule has 90 valence electrons. The quantitative estimate of drug-likeness (QED) is 0.762. The minimum absolute atomic E-state index is 0.167. The third-order valence-corrected chi connectivity index (χ3v) is 3.90. The molecule has 1 aliphatic rings. The molecule has 1 fully saturated rings. The molecule has 1 rings (SSSR count). The Morgan fingerprint density at radius 3 is 2.73 bits per heavy atom. The van der Waals surface area contributed by atoms with Crippen LogP contribution in [0.5, 0.6) is 0 Å². The van der Waals surface area contributed by atoms with E-state index in [0.717, 1.165) is 5.92 Å². The van der Waals surface area contributed by atoms with Gasteiger partial charge in [0.05, 0.1) is 12.7 Å². The molecule has 0 radical (unpaired) electrons. The molecule has 0 bridgehead atoms. The number of rotatable bonds is 5. The van der Waals surface area contributed by atoms with Gasteiger partial charge in [0, 0.05) is 13.0 Å². The summed E-state index contributed by atoms with van der Waals surface area (Å²) in [5.74, 6) is 1.62. The second kappa shape index (κ2) is 6.49.